The molecular formula is C22H38O3. The zero-order valence-electron chi connectivity index (χ0n) is 16.4. The maximum Gasteiger partial charge on any atom is 0.309 e. The van der Waals surface area contributed by atoms with Gasteiger partial charge in [-0.15, -0.1) is 0 Å². The van der Waals surface area contributed by atoms with Crippen LogP contribution in [0.4, 0.5) is 0 Å². The highest BCUT2D eigenvalue weighted by Gasteiger charge is 2.29. The Hall–Kier alpha value is -0.570. The number of rotatable bonds is 6. The molecule has 0 amide bonds. The van der Waals surface area contributed by atoms with Crippen LogP contribution in [-0.2, 0) is 14.3 Å². The van der Waals surface area contributed by atoms with E-state index >= 15 is 0 Å². The molecule has 3 aliphatic rings. The van der Waals surface area contributed by atoms with Crippen molar-refractivity contribution in [2.75, 3.05) is 6.61 Å². The largest absolute Gasteiger partial charge is 0.462 e. The van der Waals surface area contributed by atoms with E-state index in [0.29, 0.717) is 6.10 Å². The van der Waals surface area contributed by atoms with E-state index in [1.807, 2.05) is 6.92 Å². The Bertz CT molecular complexity index is 405. The third kappa shape index (κ3) is 5.98. The van der Waals surface area contributed by atoms with Gasteiger partial charge < -0.3 is 9.47 Å². The van der Waals surface area contributed by atoms with Gasteiger partial charge in [0.25, 0.3) is 0 Å². The van der Waals surface area contributed by atoms with Crippen molar-refractivity contribution >= 4 is 5.97 Å². The molecule has 0 bridgehead atoms. The van der Waals surface area contributed by atoms with Crippen molar-refractivity contribution < 1.29 is 14.3 Å². The first-order chi connectivity index (χ1) is 12.1. The number of carbonyl (C=O) groups is 1. The van der Waals surface area contributed by atoms with Crippen LogP contribution in [-0.4, -0.2) is 24.8 Å². The van der Waals surface area contributed by atoms with E-state index in [4.69, 9.17) is 9.47 Å². The third-order valence-corrected chi connectivity index (χ3v) is 6.99. The van der Waals surface area contributed by atoms with Crippen molar-refractivity contribution in [2.45, 2.75) is 103 Å². The lowest BCUT2D eigenvalue weighted by Crippen LogP contribution is -2.30. The first kappa shape index (κ1) is 19.2. The molecule has 2 saturated carbocycles. The average molecular weight is 351 g/mol. The molecule has 3 heteroatoms. The highest BCUT2D eigenvalue weighted by molar-refractivity contribution is 5.73. The molecular weight excluding hydrogens is 312 g/mol. The van der Waals surface area contributed by atoms with Crippen LogP contribution in [0.15, 0.2) is 0 Å². The Labute approximate surface area is 154 Å². The zero-order chi connectivity index (χ0) is 17.6. The van der Waals surface area contributed by atoms with Gasteiger partial charge in [0.05, 0.1) is 18.1 Å². The molecule has 2 unspecified atom stereocenters. The second kappa shape index (κ2) is 9.39. The summed E-state index contributed by atoms with van der Waals surface area (Å²) in [7, 11) is 0. The van der Waals surface area contributed by atoms with Crippen molar-refractivity contribution in [1.29, 1.82) is 0 Å². The summed E-state index contributed by atoms with van der Waals surface area (Å²) >= 11 is 0. The summed E-state index contributed by atoms with van der Waals surface area (Å²) in [5.41, 5.74) is 0. The zero-order valence-corrected chi connectivity index (χ0v) is 16.4. The molecule has 0 radical (unpaired) electrons. The lowest BCUT2D eigenvalue weighted by Gasteiger charge is -2.32. The maximum absolute atomic E-state index is 11.9. The molecule has 0 aromatic heterocycles. The molecule has 2 atom stereocenters. The smallest absolute Gasteiger partial charge is 0.309 e. The number of carbonyl (C=O) groups excluding carboxylic acids is 1. The van der Waals surface area contributed by atoms with Crippen LogP contribution in [0.3, 0.4) is 0 Å². The van der Waals surface area contributed by atoms with Crippen LogP contribution < -0.4 is 0 Å². The molecule has 0 aromatic carbocycles. The SMILES string of the molecule is CC1CCC(COC2CCC(CCC3CCC(C)OC3=O)CC2)CC1. The Morgan fingerprint density at radius 2 is 1.52 bits per heavy atom. The summed E-state index contributed by atoms with van der Waals surface area (Å²) in [6.07, 6.45) is 15.4. The van der Waals surface area contributed by atoms with Crippen molar-refractivity contribution in [1.82, 2.24) is 0 Å². The highest BCUT2D eigenvalue weighted by Crippen LogP contribution is 2.34. The maximum atomic E-state index is 11.9. The standard InChI is InChI=1S/C22H38O3/c1-16-3-6-19(7-4-16)15-24-21-13-9-18(10-14-21)8-12-20-11-5-17(2)25-22(20)23/h16-21H,3-15H2,1-2H3. The molecule has 1 heterocycles. The summed E-state index contributed by atoms with van der Waals surface area (Å²) in [5.74, 6) is 2.75. The summed E-state index contributed by atoms with van der Waals surface area (Å²) in [5, 5.41) is 0. The monoisotopic (exact) mass is 350 g/mol. The summed E-state index contributed by atoms with van der Waals surface area (Å²) in [4.78, 5) is 11.9. The van der Waals surface area contributed by atoms with Crippen molar-refractivity contribution in [3.8, 4) is 0 Å². The number of hydrogen-bond donors (Lipinski definition) is 0. The molecule has 3 rings (SSSR count). The van der Waals surface area contributed by atoms with E-state index in [9.17, 15) is 4.79 Å². The minimum atomic E-state index is 0.0533. The van der Waals surface area contributed by atoms with E-state index in [1.165, 1.54) is 57.8 Å². The van der Waals surface area contributed by atoms with E-state index in [1.54, 1.807) is 0 Å². The Kier molecular flexibility index (Phi) is 7.21. The lowest BCUT2D eigenvalue weighted by molar-refractivity contribution is -0.159. The van der Waals surface area contributed by atoms with Crippen molar-refractivity contribution in [2.24, 2.45) is 23.7 Å². The molecule has 0 N–H and O–H groups in total. The summed E-state index contributed by atoms with van der Waals surface area (Å²) < 4.78 is 11.6. The second-order valence-corrected chi connectivity index (χ2v) is 9.20. The van der Waals surface area contributed by atoms with E-state index in [2.05, 4.69) is 6.92 Å². The normalized spacial score (nSPS) is 39.8. The quantitative estimate of drug-likeness (QED) is 0.593. The van der Waals surface area contributed by atoms with Gasteiger partial charge in [-0.1, -0.05) is 19.8 Å². The van der Waals surface area contributed by atoms with Gasteiger partial charge in [-0.2, -0.15) is 0 Å². The number of cyclic esters (lactones) is 1. The predicted molar refractivity (Wildman–Crippen MR) is 100 cm³/mol. The minimum Gasteiger partial charge on any atom is -0.462 e. The Morgan fingerprint density at radius 3 is 2.20 bits per heavy atom. The van der Waals surface area contributed by atoms with Crippen LogP contribution in [0.2, 0.25) is 0 Å². The number of hydrogen-bond acceptors (Lipinski definition) is 3. The van der Waals surface area contributed by atoms with Gasteiger partial charge in [-0.3, -0.25) is 4.79 Å². The fraction of sp³-hybridized carbons (Fsp3) is 0.955. The molecule has 0 spiro atoms. The molecule has 144 valence electrons. The number of esters is 1. The topological polar surface area (TPSA) is 35.5 Å². The van der Waals surface area contributed by atoms with E-state index in [0.717, 1.165) is 43.6 Å². The first-order valence-corrected chi connectivity index (χ1v) is 10.9. The minimum absolute atomic E-state index is 0.0533. The van der Waals surface area contributed by atoms with Gasteiger partial charge >= 0.3 is 5.97 Å². The molecule has 2 aliphatic carbocycles. The molecule has 25 heavy (non-hydrogen) atoms. The molecule has 0 aromatic rings. The average Bonchev–Trinajstić information content (AvgIpc) is 2.61. The van der Waals surface area contributed by atoms with Crippen molar-refractivity contribution in [3.63, 3.8) is 0 Å². The van der Waals surface area contributed by atoms with Gasteiger partial charge in [-0.05, 0) is 88.9 Å². The van der Waals surface area contributed by atoms with Crippen LogP contribution in [0.25, 0.3) is 0 Å². The van der Waals surface area contributed by atoms with Gasteiger partial charge in [0, 0.05) is 6.61 Å². The lowest BCUT2D eigenvalue weighted by atomic mass is 9.81. The van der Waals surface area contributed by atoms with Crippen LogP contribution in [0.5, 0.6) is 0 Å². The predicted octanol–water partition coefficient (Wildman–Crippen LogP) is 5.51. The Morgan fingerprint density at radius 1 is 0.840 bits per heavy atom. The molecule has 1 saturated heterocycles. The van der Waals surface area contributed by atoms with Crippen molar-refractivity contribution in [3.05, 3.63) is 0 Å². The Balaban J connectivity index is 1.28. The molecule has 3 fully saturated rings. The van der Waals surface area contributed by atoms with Crippen LogP contribution in [0.1, 0.15) is 90.9 Å². The number of ether oxygens (including phenoxy) is 2. The summed E-state index contributed by atoms with van der Waals surface area (Å²) in [6, 6.07) is 0. The van der Waals surface area contributed by atoms with E-state index in [-0.39, 0.29) is 18.0 Å². The summed E-state index contributed by atoms with van der Waals surface area (Å²) in [6.45, 7) is 5.38. The van der Waals surface area contributed by atoms with Gasteiger partial charge in [0.15, 0.2) is 0 Å². The fourth-order valence-electron chi connectivity index (χ4n) is 4.96. The van der Waals surface area contributed by atoms with Crippen LogP contribution in [0, 0.1) is 23.7 Å². The third-order valence-electron chi connectivity index (χ3n) is 6.99. The van der Waals surface area contributed by atoms with Crippen LogP contribution >= 0.6 is 0 Å². The second-order valence-electron chi connectivity index (χ2n) is 9.20. The fourth-order valence-corrected chi connectivity index (χ4v) is 4.96. The van der Waals surface area contributed by atoms with E-state index < -0.39 is 0 Å². The van der Waals surface area contributed by atoms with Gasteiger partial charge in [0.1, 0.15) is 0 Å². The molecule has 1 aliphatic heterocycles. The van der Waals surface area contributed by atoms with Gasteiger partial charge in [-0.25, -0.2) is 0 Å². The molecule has 3 nitrogen and oxygen atoms in total. The first-order valence-electron chi connectivity index (χ1n) is 10.9. The highest BCUT2D eigenvalue weighted by atomic mass is 16.5. The van der Waals surface area contributed by atoms with Gasteiger partial charge in [0.2, 0.25) is 0 Å².